The van der Waals surface area contributed by atoms with Crippen molar-refractivity contribution in [2.24, 2.45) is 0 Å². The van der Waals surface area contributed by atoms with Crippen molar-refractivity contribution in [3.8, 4) is 0 Å². The van der Waals surface area contributed by atoms with E-state index in [0.717, 1.165) is 54.6 Å². The molecule has 4 nitrogen and oxygen atoms in total. The zero-order valence-electron chi connectivity index (χ0n) is 15.2. The van der Waals surface area contributed by atoms with Gasteiger partial charge in [-0.15, -0.1) is 0 Å². The Kier molecular flexibility index (Phi) is 4.46. The maximum absolute atomic E-state index is 13.5. The molecule has 1 atom stereocenters. The second kappa shape index (κ2) is 6.75. The van der Waals surface area contributed by atoms with Crippen LogP contribution < -0.4 is 5.32 Å². The van der Waals surface area contributed by atoms with E-state index in [2.05, 4.69) is 48.3 Å². The summed E-state index contributed by atoms with van der Waals surface area (Å²) < 4.78 is 0. The van der Waals surface area contributed by atoms with Gasteiger partial charge in [0.15, 0.2) is 0 Å². The second-order valence-electron chi connectivity index (χ2n) is 7.53. The third-order valence-electron chi connectivity index (χ3n) is 5.41. The highest BCUT2D eigenvalue weighted by Crippen LogP contribution is 2.40. The van der Waals surface area contributed by atoms with Crippen LogP contribution in [0.5, 0.6) is 0 Å². The molecular weight excluding hydrogens is 310 g/mol. The van der Waals surface area contributed by atoms with Crippen LogP contribution in [-0.4, -0.2) is 41.5 Å². The van der Waals surface area contributed by atoms with Crippen LogP contribution in [0.4, 0.5) is 0 Å². The van der Waals surface area contributed by atoms with Gasteiger partial charge in [0.2, 0.25) is 0 Å². The lowest BCUT2D eigenvalue weighted by atomic mass is 10.0. The minimum Gasteiger partial charge on any atom is -0.334 e. The summed E-state index contributed by atoms with van der Waals surface area (Å²) in [4.78, 5) is 20.4. The van der Waals surface area contributed by atoms with Gasteiger partial charge < -0.3 is 10.2 Å². The van der Waals surface area contributed by atoms with Crippen LogP contribution in [0.1, 0.15) is 60.1 Å². The molecule has 1 N–H and O–H groups in total. The first-order valence-corrected chi connectivity index (χ1v) is 9.60. The summed E-state index contributed by atoms with van der Waals surface area (Å²) in [5.41, 5.74) is 4.07. The summed E-state index contributed by atoms with van der Waals surface area (Å²) in [5.74, 6) is 0.723. The number of nitrogens with zero attached hydrogens (tertiary/aromatic N) is 2. The maximum atomic E-state index is 13.5. The second-order valence-corrected chi connectivity index (χ2v) is 7.53. The third kappa shape index (κ3) is 3.28. The average Bonchev–Trinajstić information content (AvgIpc) is 3.33. The lowest BCUT2D eigenvalue weighted by Crippen LogP contribution is -2.42. The van der Waals surface area contributed by atoms with Crippen molar-refractivity contribution in [1.82, 2.24) is 15.2 Å². The van der Waals surface area contributed by atoms with Gasteiger partial charge in [0.25, 0.3) is 5.91 Å². The Morgan fingerprint density at radius 2 is 2.12 bits per heavy atom. The predicted octanol–water partition coefficient (Wildman–Crippen LogP) is 3.63. The number of aryl methyl sites for hydroxylation is 1. The lowest BCUT2D eigenvalue weighted by Gasteiger charge is -2.29. The number of rotatable bonds is 5. The van der Waals surface area contributed by atoms with Crippen LogP contribution in [0.2, 0.25) is 0 Å². The fourth-order valence-corrected chi connectivity index (χ4v) is 3.88. The quantitative estimate of drug-likeness (QED) is 0.906. The van der Waals surface area contributed by atoms with E-state index in [1.165, 1.54) is 18.4 Å². The Morgan fingerprint density at radius 3 is 2.80 bits per heavy atom. The highest BCUT2D eigenvalue weighted by atomic mass is 16.2. The topological polar surface area (TPSA) is 45.2 Å². The van der Waals surface area contributed by atoms with Crippen LogP contribution in [0.15, 0.2) is 24.3 Å². The highest BCUT2D eigenvalue weighted by Gasteiger charge is 2.30. The molecule has 25 heavy (non-hydrogen) atoms. The van der Waals surface area contributed by atoms with Crippen LogP contribution in [0.3, 0.4) is 0 Å². The first-order chi connectivity index (χ1) is 12.2. The van der Waals surface area contributed by atoms with Crippen molar-refractivity contribution >= 4 is 16.8 Å². The van der Waals surface area contributed by atoms with E-state index in [1.807, 2.05) is 0 Å². The molecule has 0 spiro atoms. The van der Waals surface area contributed by atoms with Gasteiger partial charge in [-0.3, -0.25) is 9.78 Å². The van der Waals surface area contributed by atoms with Gasteiger partial charge in [-0.1, -0.05) is 18.6 Å². The molecule has 132 valence electrons. The molecule has 2 heterocycles. The zero-order chi connectivity index (χ0) is 17.4. The molecular formula is C21H27N3O. The molecule has 0 radical (unpaired) electrons. The molecule has 1 aliphatic carbocycles. The van der Waals surface area contributed by atoms with Gasteiger partial charge in [-0.05, 0) is 57.4 Å². The van der Waals surface area contributed by atoms with E-state index >= 15 is 0 Å². The molecule has 1 aromatic heterocycles. The summed E-state index contributed by atoms with van der Waals surface area (Å²) in [6.07, 6.45) is 4.43. The molecule has 1 saturated heterocycles. The molecule has 0 bridgehead atoms. The molecule has 4 rings (SSSR count). The molecule has 1 saturated carbocycles. The molecule has 1 amide bonds. The number of benzene rings is 1. The lowest BCUT2D eigenvalue weighted by molar-refractivity contribution is 0.0694. The van der Waals surface area contributed by atoms with Crippen molar-refractivity contribution in [3.63, 3.8) is 0 Å². The van der Waals surface area contributed by atoms with Crippen LogP contribution >= 0.6 is 0 Å². The number of amides is 1. The molecule has 1 unspecified atom stereocenters. The molecule has 4 heteroatoms. The van der Waals surface area contributed by atoms with Crippen LogP contribution in [0.25, 0.3) is 10.9 Å². The number of nitrogens with one attached hydrogen (secondary N) is 1. The maximum Gasteiger partial charge on any atom is 0.254 e. The fourth-order valence-electron chi connectivity index (χ4n) is 3.88. The van der Waals surface area contributed by atoms with E-state index in [9.17, 15) is 4.79 Å². The largest absolute Gasteiger partial charge is 0.334 e. The minimum absolute atomic E-state index is 0.176. The summed E-state index contributed by atoms with van der Waals surface area (Å²) in [6, 6.07) is 8.65. The molecule has 1 aromatic carbocycles. The SMILES string of the molecule is CCCN(C(=O)c1cc(C2CC2)nc2ccc(C)cc12)C1CCNC1. The number of carbonyl (C=O) groups is 1. The van der Waals surface area contributed by atoms with Gasteiger partial charge in [0, 0.05) is 36.1 Å². The fraction of sp³-hybridized carbons (Fsp3) is 0.524. The smallest absolute Gasteiger partial charge is 0.254 e. The number of aromatic nitrogens is 1. The average molecular weight is 337 g/mol. The summed E-state index contributed by atoms with van der Waals surface area (Å²) in [7, 11) is 0. The Balaban J connectivity index is 1.79. The van der Waals surface area contributed by atoms with Gasteiger partial charge >= 0.3 is 0 Å². The Bertz CT molecular complexity index is 791. The highest BCUT2D eigenvalue weighted by molar-refractivity contribution is 6.06. The van der Waals surface area contributed by atoms with Gasteiger partial charge in [-0.25, -0.2) is 0 Å². The summed E-state index contributed by atoms with van der Waals surface area (Å²) in [5, 5.41) is 4.40. The Labute approximate surface area is 149 Å². The monoisotopic (exact) mass is 337 g/mol. The zero-order valence-corrected chi connectivity index (χ0v) is 15.2. The molecule has 1 aliphatic heterocycles. The number of pyridine rings is 1. The minimum atomic E-state index is 0.176. The van der Waals surface area contributed by atoms with Crippen molar-refractivity contribution in [2.45, 2.75) is 51.5 Å². The van der Waals surface area contributed by atoms with Crippen molar-refractivity contribution < 1.29 is 4.79 Å². The predicted molar refractivity (Wildman–Crippen MR) is 101 cm³/mol. The standard InChI is InChI=1S/C21H27N3O/c1-3-10-24(16-8-9-22-13-16)21(25)18-12-20(15-5-6-15)23-19-7-4-14(2)11-17(18)19/h4,7,11-12,15-16,22H,3,5-6,8-10,13H2,1-2H3. The number of fused-ring (bicyclic) bond motifs is 1. The van der Waals surface area contributed by atoms with Crippen molar-refractivity contribution in [1.29, 1.82) is 0 Å². The van der Waals surface area contributed by atoms with E-state index in [4.69, 9.17) is 4.98 Å². The Morgan fingerprint density at radius 1 is 1.28 bits per heavy atom. The Hall–Kier alpha value is -1.94. The first-order valence-electron chi connectivity index (χ1n) is 9.60. The molecule has 2 fully saturated rings. The van der Waals surface area contributed by atoms with Crippen LogP contribution in [0, 0.1) is 6.92 Å². The number of carbonyl (C=O) groups excluding carboxylic acids is 1. The van der Waals surface area contributed by atoms with E-state index in [-0.39, 0.29) is 5.91 Å². The number of hydrogen-bond donors (Lipinski definition) is 1. The van der Waals surface area contributed by atoms with Crippen LogP contribution in [-0.2, 0) is 0 Å². The first kappa shape index (κ1) is 16.5. The van der Waals surface area contributed by atoms with E-state index in [1.54, 1.807) is 0 Å². The number of hydrogen-bond acceptors (Lipinski definition) is 3. The normalized spacial score (nSPS) is 20.2. The van der Waals surface area contributed by atoms with Crippen molar-refractivity contribution in [2.75, 3.05) is 19.6 Å². The third-order valence-corrected chi connectivity index (χ3v) is 5.41. The van der Waals surface area contributed by atoms with Gasteiger partial charge in [0.1, 0.15) is 0 Å². The van der Waals surface area contributed by atoms with Gasteiger partial charge in [-0.2, -0.15) is 0 Å². The van der Waals surface area contributed by atoms with E-state index in [0.29, 0.717) is 12.0 Å². The molecule has 2 aliphatic rings. The van der Waals surface area contributed by atoms with Crippen molar-refractivity contribution in [3.05, 3.63) is 41.1 Å². The van der Waals surface area contributed by atoms with E-state index < -0.39 is 0 Å². The van der Waals surface area contributed by atoms with Gasteiger partial charge in [0.05, 0.1) is 11.1 Å². The molecule has 2 aromatic rings. The summed E-state index contributed by atoms with van der Waals surface area (Å²) in [6.45, 7) is 6.95. The summed E-state index contributed by atoms with van der Waals surface area (Å²) >= 11 is 0.